The van der Waals surface area contributed by atoms with Crippen molar-refractivity contribution in [2.75, 3.05) is 20.1 Å². The number of ketones is 1. The number of unbranched alkanes of at least 4 members (excludes halogenated alkanes) is 2. The molecule has 0 aromatic carbocycles. The second kappa shape index (κ2) is 7.26. The van der Waals surface area contributed by atoms with Crippen LogP contribution in [0, 0.1) is 5.92 Å². The summed E-state index contributed by atoms with van der Waals surface area (Å²) >= 11 is 0. The van der Waals surface area contributed by atoms with Crippen molar-refractivity contribution in [1.29, 1.82) is 0 Å². The molecule has 1 aliphatic heterocycles. The Morgan fingerprint density at radius 2 is 2.06 bits per heavy atom. The predicted octanol–water partition coefficient (Wildman–Crippen LogP) is 0.730. The number of hydrogen-bond donors (Lipinski definition) is 1. The fourth-order valence-corrected chi connectivity index (χ4v) is 2.14. The zero-order valence-corrected chi connectivity index (χ0v) is 11.2. The Kier molecular flexibility index (Phi) is 5.98. The Morgan fingerprint density at radius 3 is 2.61 bits per heavy atom. The molecular formula is C13H22N2O3. The largest absolute Gasteiger partial charge is 0.313 e. The minimum absolute atomic E-state index is 0.0498. The van der Waals surface area contributed by atoms with Gasteiger partial charge >= 0.3 is 0 Å². The zero-order chi connectivity index (χ0) is 13.5. The molecule has 0 radical (unpaired) electrons. The highest BCUT2D eigenvalue weighted by Gasteiger charge is 2.34. The van der Waals surface area contributed by atoms with Gasteiger partial charge < -0.3 is 5.32 Å². The molecule has 5 nitrogen and oxygen atoms in total. The van der Waals surface area contributed by atoms with E-state index in [2.05, 4.69) is 5.32 Å². The number of likely N-dealkylation sites (tertiary alicyclic amines) is 1. The van der Waals surface area contributed by atoms with Crippen LogP contribution in [-0.2, 0) is 14.4 Å². The number of amides is 2. The number of nitrogens with one attached hydrogen (secondary N) is 1. The van der Waals surface area contributed by atoms with E-state index in [-0.39, 0.29) is 23.5 Å². The third-order valence-electron chi connectivity index (χ3n) is 3.18. The maximum absolute atomic E-state index is 11.6. The van der Waals surface area contributed by atoms with E-state index in [1.807, 2.05) is 0 Å². The molecule has 0 bridgehead atoms. The Balaban J connectivity index is 2.13. The molecule has 102 valence electrons. The van der Waals surface area contributed by atoms with Gasteiger partial charge in [-0.05, 0) is 19.9 Å². The number of hydrogen-bond acceptors (Lipinski definition) is 4. The van der Waals surface area contributed by atoms with E-state index in [9.17, 15) is 14.4 Å². The first kappa shape index (κ1) is 14.8. The molecule has 0 spiro atoms. The van der Waals surface area contributed by atoms with Crippen LogP contribution < -0.4 is 5.32 Å². The Labute approximate surface area is 108 Å². The van der Waals surface area contributed by atoms with E-state index in [4.69, 9.17) is 0 Å². The lowest BCUT2D eigenvalue weighted by atomic mass is 10.1. The maximum Gasteiger partial charge on any atom is 0.232 e. The lowest BCUT2D eigenvalue weighted by Gasteiger charge is -2.13. The Hall–Kier alpha value is -1.23. The highest BCUT2D eigenvalue weighted by Crippen LogP contribution is 2.19. The minimum Gasteiger partial charge on any atom is -0.313 e. The monoisotopic (exact) mass is 254 g/mol. The molecule has 1 rings (SSSR count). The van der Waals surface area contributed by atoms with Crippen LogP contribution in [-0.4, -0.2) is 42.6 Å². The van der Waals surface area contributed by atoms with Gasteiger partial charge in [-0.2, -0.15) is 0 Å². The molecule has 0 saturated carbocycles. The maximum atomic E-state index is 11.6. The summed E-state index contributed by atoms with van der Waals surface area (Å²) in [5, 5.41) is 2.82. The standard InChI is InChI=1S/C13H22N2O3/c1-10-8-12(17)15(13(10)18)7-5-3-4-6-11(16)9-14-2/h10,14H,3-9H2,1-2H3. The first-order valence-corrected chi connectivity index (χ1v) is 6.56. The minimum atomic E-state index is -0.158. The molecule has 2 amide bonds. The zero-order valence-electron chi connectivity index (χ0n) is 11.2. The first-order valence-electron chi connectivity index (χ1n) is 6.56. The van der Waals surface area contributed by atoms with Gasteiger partial charge in [-0.15, -0.1) is 0 Å². The smallest absolute Gasteiger partial charge is 0.232 e. The number of imide groups is 1. The molecule has 1 atom stereocenters. The normalized spacial score (nSPS) is 19.7. The van der Waals surface area contributed by atoms with Gasteiger partial charge in [0.25, 0.3) is 0 Å². The summed E-state index contributed by atoms with van der Waals surface area (Å²) in [7, 11) is 1.75. The van der Waals surface area contributed by atoms with Crippen molar-refractivity contribution >= 4 is 17.6 Å². The lowest BCUT2D eigenvalue weighted by Crippen LogP contribution is -2.31. The fraction of sp³-hybridized carbons (Fsp3) is 0.769. The van der Waals surface area contributed by atoms with Gasteiger partial charge in [0.05, 0.1) is 6.54 Å². The van der Waals surface area contributed by atoms with E-state index in [0.29, 0.717) is 25.9 Å². The summed E-state index contributed by atoms with van der Waals surface area (Å²) in [6, 6.07) is 0. The number of carbonyl (C=O) groups excluding carboxylic acids is 3. The topological polar surface area (TPSA) is 66.5 Å². The summed E-state index contributed by atoms with van der Waals surface area (Å²) in [4.78, 5) is 35.7. The van der Waals surface area contributed by atoms with E-state index in [1.54, 1.807) is 14.0 Å². The third-order valence-corrected chi connectivity index (χ3v) is 3.18. The van der Waals surface area contributed by atoms with Crippen LogP contribution in [0.15, 0.2) is 0 Å². The highest BCUT2D eigenvalue weighted by molar-refractivity contribution is 6.03. The second-order valence-corrected chi connectivity index (χ2v) is 4.87. The number of Topliss-reactive ketones (excluding diaryl/α,β-unsaturated/α-hetero) is 1. The summed E-state index contributed by atoms with van der Waals surface area (Å²) in [5.41, 5.74) is 0. The van der Waals surface area contributed by atoms with E-state index in [0.717, 1.165) is 19.3 Å². The van der Waals surface area contributed by atoms with Gasteiger partial charge in [-0.3, -0.25) is 19.3 Å². The average molecular weight is 254 g/mol. The highest BCUT2D eigenvalue weighted by atomic mass is 16.2. The van der Waals surface area contributed by atoms with Crippen molar-refractivity contribution in [2.45, 2.75) is 39.0 Å². The molecule has 1 saturated heterocycles. The van der Waals surface area contributed by atoms with Crippen LogP contribution in [0.1, 0.15) is 39.0 Å². The van der Waals surface area contributed by atoms with Crippen molar-refractivity contribution in [3.63, 3.8) is 0 Å². The fourth-order valence-electron chi connectivity index (χ4n) is 2.14. The van der Waals surface area contributed by atoms with Crippen LogP contribution in [0.25, 0.3) is 0 Å². The van der Waals surface area contributed by atoms with Gasteiger partial charge in [-0.25, -0.2) is 0 Å². The SMILES string of the molecule is CNCC(=O)CCCCCN1C(=O)CC(C)C1=O. The molecule has 1 N–H and O–H groups in total. The van der Waals surface area contributed by atoms with Gasteiger partial charge in [0.2, 0.25) is 11.8 Å². The molecule has 0 aromatic rings. The predicted molar refractivity (Wildman–Crippen MR) is 67.9 cm³/mol. The first-order chi connectivity index (χ1) is 8.56. The van der Waals surface area contributed by atoms with Crippen LogP contribution in [0.3, 0.4) is 0 Å². The summed E-state index contributed by atoms with van der Waals surface area (Å²) in [6.45, 7) is 2.71. The van der Waals surface area contributed by atoms with Gasteiger partial charge in [0, 0.05) is 25.3 Å². The van der Waals surface area contributed by atoms with E-state index >= 15 is 0 Å². The van der Waals surface area contributed by atoms with Crippen molar-refractivity contribution in [1.82, 2.24) is 10.2 Å². The van der Waals surface area contributed by atoms with Crippen molar-refractivity contribution in [3.8, 4) is 0 Å². The molecule has 5 heteroatoms. The average Bonchev–Trinajstić information content (AvgIpc) is 2.55. The van der Waals surface area contributed by atoms with Crippen LogP contribution >= 0.6 is 0 Å². The summed E-state index contributed by atoms with van der Waals surface area (Å²) < 4.78 is 0. The van der Waals surface area contributed by atoms with Crippen LogP contribution in [0.5, 0.6) is 0 Å². The summed E-state index contributed by atoms with van der Waals surface area (Å²) in [6.07, 6.45) is 3.41. The number of likely N-dealkylation sites (N-methyl/N-ethyl adjacent to an activating group) is 1. The lowest BCUT2D eigenvalue weighted by molar-refractivity contribution is -0.139. The Bertz CT molecular complexity index is 328. The molecule has 1 fully saturated rings. The third kappa shape index (κ3) is 4.22. The molecular weight excluding hydrogens is 232 g/mol. The summed E-state index contributed by atoms with van der Waals surface area (Å²) in [5.74, 6) is -0.0563. The Morgan fingerprint density at radius 1 is 1.33 bits per heavy atom. The van der Waals surface area contributed by atoms with Gasteiger partial charge in [0.15, 0.2) is 0 Å². The number of nitrogens with zero attached hydrogens (tertiary/aromatic N) is 1. The van der Waals surface area contributed by atoms with Gasteiger partial charge in [-0.1, -0.05) is 13.3 Å². The molecule has 0 aromatic heterocycles. The molecule has 18 heavy (non-hydrogen) atoms. The second-order valence-electron chi connectivity index (χ2n) is 4.87. The van der Waals surface area contributed by atoms with Crippen molar-refractivity contribution in [2.24, 2.45) is 5.92 Å². The molecule has 1 heterocycles. The van der Waals surface area contributed by atoms with Crippen molar-refractivity contribution in [3.05, 3.63) is 0 Å². The van der Waals surface area contributed by atoms with Crippen molar-refractivity contribution < 1.29 is 14.4 Å². The quantitative estimate of drug-likeness (QED) is 0.512. The number of rotatable bonds is 8. The van der Waals surface area contributed by atoms with Crippen LogP contribution in [0.2, 0.25) is 0 Å². The van der Waals surface area contributed by atoms with E-state index < -0.39 is 0 Å². The molecule has 0 aliphatic carbocycles. The molecule has 1 aliphatic rings. The van der Waals surface area contributed by atoms with Gasteiger partial charge in [0.1, 0.15) is 5.78 Å². The van der Waals surface area contributed by atoms with Crippen LogP contribution in [0.4, 0.5) is 0 Å². The molecule has 1 unspecified atom stereocenters. The number of carbonyl (C=O) groups is 3. The van der Waals surface area contributed by atoms with E-state index in [1.165, 1.54) is 4.90 Å².